The van der Waals surface area contributed by atoms with Crippen molar-refractivity contribution in [2.24, 2.45) is 5.92 Å². The predicted octanol–water partition coefficient (Wildman–Crippen LogP) is 7.18. The summed E-state index contributed by atoms with van der Waals surface area (Å²) < 4.78 is 4.99. The van der Waals surface area contributed by atoms with Gasteiger partial charge in [-0.05, 0) is 39.8 Å². The molecule has 0 saturated carbocycles. The number of carbonyl (C=O) groups excluding carboxylic acids is 2. The number of rotatable bonds is 9. The number of ether oxygens (including phenoxy) is 1. The van der Waals surface area contributed by atoms with Crippen molar-refractivity contribution < 1.29 is 14.3 Å². The third-order valence-corrected chi connectivity index (χ3v) is 7.23. The topological polar surface area (TPSA) is 46.6 Å². The van der Waals surface area contributed by atoms with Gasteiger partial charge in [0.05, 0.1) is 6.54 Å². The molecule has 3 aromatic carbocycles. The molecule has 3 aromatic rings. The van der Waals surface area contributed by atoms with Crippen LogP contribution in [0.15, 0.2) is 101 Å². The summed E-state index contributed by atoms with van der Waals surface area (Å²) in [6, 6.07) is 24.8. The molecule has 0 bridgehead atoms. The molecule has 0 aliphatic carbocycles. The molecule has 1 aliphatic rings. The lowest BCUT2D eigenvalue weighted by Gasteiger charge is -2.27. The summed E-state index contributed by atoms with van der Waals surface area (Å²) in [6.07, 6.45) is 4.87. The van der Waals surface area contributed by atoms with Gasteiger partial charge in [-0.2, -0.15) is 0 Å². The molecule has 0 unspecified atom stereocenters. The van der Waals surface area contributed by atoms with E-state index in [0.29, 0.717) is 0 Å². The maximum Gasteiger partial charge on any atom is 0.416 e. The summed E-state index contributed by atoms with van der Waals surface area (Å²) in [5.41, 5.74) is 1.16. The number of benzene rings is 3. The summed E-state index contributed by atoms with van der Waals surface area (Å²) in [6.45, 7) is 6.80. The maximum absolute atomic E-state index is 13.1. The van der Waals surface area contributed by atoms with E-state index in [1.165, 1.54) is 10.3 Å². The smallest absolute Gasteiger partial charge is 0.416 e. The molecule has 5 heteroatoms. The van der Waals surface area contributed by atoms with Gasteiger partial charge in [0.15, 0.2) is 0 Å². The van der Waals surface area contributed by atoms with Gasteiger partial charge in [0, 0.05) is 22.8 Å². The van der Waals surface area contributed by atoms with Crippen LogP contribution in [0.1, 0.15) is 31.2 Å². The van der Waals surface area contributed by atoms with E-state index in [4.69, 9.17) is 4.74 Å². The van der Waals surface area contributed by atoms with Gasteiger partial charge in [-0.1, -0.05) is 91.8 Å². The van der Waals surface area contributed by atoms with Crippen molar-refractivity contribution in [3.63, 3.8) is 0 Å². The Morgan fingerprint density at radius 3 is 2.50 bits per heavy atom. The van der Waals surface area contributed by atoms with Crippen LogP contribution in [0.3, 0.4) is 0 Å². The third kappa shape index (κ3) is 5.42. The Bertz CT molecular complexity index is 1200. The molecule has 174 valence electrons. The van der Waals surface area contributed by atoms with E-state index in [-0.39, 0.29) is 30.9 Å². The summed E-state index contributed by atoms with van der Waals surface area (Å²) in [5.74, 6) is -0.245. The predicted molar refractivity (Wildman–Crippen MR) is 139 cm³/mol. The zero-order chi connectivity index (χ0) is 23.9. The van der Waals surface area contributed by atoms with Crippen LogP contribution in [-0.4, -0.2) is 30.1 Å². The second kappa shape index (κ2) is 11.2. The lowest BCUT2D eigenvalue weighted by Crippen LogP contribution is -2.30. The molecule has 0 aromatic heterocycles. The molecular formula is C29H29NO3S. The average Bonchev–Trinajstić information content (AvgIpc) is 3.30. The molecule has 2 atom stereocenters. The van der Waals surface area contributed by atoms with Crippen LogP contribution in [0.4, 0.5) is 4.79 Å². The van der Waals surface area contributed by atoms with Gasteiger partial charge in [0.1, 0.15) is 6.61 Å². The second-order valence-corrected chi connectivity index (χ2v) is 9.48. The summed E-state index contributed by atoms with van der Waals surface area (Å²) in [7, 11) is 0. The SMILES string of the molecule is C=C[C@@H](c1ccccc1)[C@H](CCC)/C(=C/C(=O)N1CCOC1=O)Sc1ccc2ccccc2c1. The number of thioether (sulfide) groups is 1. The maximum atomic E-state index is 13.1. The molecule has 1 heterocycles. The molecule has 1 aliphatic heterocycles. The zero-order valence-corrected chi connectivity index (χ0v) is 20.2. The molecule has 0 spiro atoms. The minimum atomic E-state index is -0.577. The summed E-state index contributed by atoms with van der Waals surface area (Å²) >= 11 is 1.59. The molecule has 4 nitrogen and oxygen atoms in total. The van der Waals surface area contributed by atoms with Crippen molar-refractivity contribution in [2.75, 3.05) is 13.2 Å². The van der Waals surface area contributed by atoms with Crippen molar-refractivity contribution in [1.82, 2.24) is 4.90 Å². The van der Waals surface area contributed by atoms with Gasteiger partial charge in [-0.15, -0.1) is 6.58 Å². The number of hydrogen-bond donors (Lipinski definition) is 0. The van der Waals surface area contributed by atoms with Crippen LogP contribution in [0, 0.1) is 5.92 Å². The Balaban J connectivity index is 1.75. The highest BCUT2D eigenvalue weighted by atomic mass is 32.2. The van der Waals surface area contributed by atoms with E-state index >= 15 is 0 Å². The third-order valence-electron chi connectivity index (χ3n) is 6.09. The Labute approximate surface area is 205 Å². The van der Waals surface area contributed by atoms with Crippen molar-refractivity contribution in [2.45, 2.75) is 30.6 Å². The molecule has 4 rings (SSSR count). The van der Waals surface area contributed by atoms with Gasteiger partial charge in [-0.3, -0.25) is 4.79 Å². The number of imide groups is 1. The lowest BCUT2D eigenvalue weighted by molar-refractivity contribution is -0.122. The van der Waals surface area contributed by atoms with Gasteiger partial charge in [0.2, 0.25) is 0 Å². The molecular weight excluding hydrogens is 442 g/mol. The Kier molecular flexibility index (Phi) is 7.86. The summed E-state index contributed by atoms with van der Waals surface area (Å²) in [4.78, 5) is 28.3. The first-order valence-corrected chi connectivity index (χ1v) is 12.5. The van der Waals surface area contributed by atoms with E-state index < -0.39 is 6.09 Å². The highest BCUT2D eigenvalue weighted by molar-refractivity contribution is 8.03. The molecule has 2 amide bonds. The largest absolute Gasteiger partial charge is 0.447 e. The number of carbonyl (C=O) groups is 2. The number of cyclic esters (lactones) is 1. The number of hydrogen-bond acceptors (Lipinski definition) is 4. The first kappa shape index (κ1) is 23.8. The van der Waals surface area contributed by atoms with Gasteiger partial charge in [-0.25, -0.2) is 9.69 Å². The van der Waals surface area contributed by atoms with E-state index in [2.05, 4.69) is 56.0 Å². The molecule has 34 heavy (non-hydrogen) atoms. The standard InChI is InChI=1S/C29H29NO3S/c1-3-10-26(25(4-2)22-12-6-5-7-13-22)27(20-28(31)30-17-18-33-29(30)32)34-24-16-15-21-11-8-9-14-23(21)19-24/h4-9,11-16,19-20,25-26H,2-3,10,17-18H2,1H3/b27-20-/t25-,26-/m0/s1. The molecule has 0 radical (unpaired) electrons. The minimum absolute atomic E-state index is 0.0404. The van der Waals surface area contributed by atoms with E-state index in [1.54, 1.807) is 17.8 Å². The minimum Gasteiger partial charge on any atom is -0.447 e. The van der Waals surface area contributed by atoms with Crippen LogP contribution < -0.4 is 0 Å². The second-order valence-electron chi connectivity index (χ2n) is 8.33. The average molecular weight is 472 g/mol. The van der Waals surface area contributed by atoms with E-state index in [9.17, 15) is 9.59 Å². The quantitative estimate of drug-likeness (QED) is 0.188. The van der Waals surface area contributed by atoms with Crippen LogP contribution in [-0.2, 0) is 9.53 Å². The van der Waals surface area contributed by atoms with Crippen molar-refractivity contribution in [3.05, 3.63) is 102 Å². The van der Waals surface area contributed by atoms with E-state index in [1.807, 2.05) is 36.4 Å². The zero-order valence-electron chi connectivity index (χ0n) is 19.4. The fourth-order valence-electron chi connectivity index (χ4n) is 4.39. The monoisotopic (exact) mass is 471 g/mol. The fraction of sp³-hybridized carbons (Fsp3) is 0.241. The van der Waals surface area contributed by atoms with Crippen LogP contribution in [0.5, 0.6) is 0 Å². The van der Waals surface area contributed by atoms with Crippen molar-refractivity contribution in [1.29, 1.82) is 0 Å². The summed E-state index contributed by atoms with van der Waals surface area (Å²) in [5, 5.41) is 2.32. The van der Waals surface area contributed by atoms with Crippen molar-refractivity contribution >= 4 is 34.5 Å². The first-order chi connectivity index (χ1) is 16.6. The Hall–Kier alpha value is -3.31. The molecule has 1 fully saturated rings. The Morgan fingerprint density at radius 2 is 1.82 bits per heavy atom. The van der Waals surface area contributed by atoms with Gasteiger partial charge in [0.25, 0.3) is 5.91 Å². The number of fused-ring (bicyclic) bond motifs is 1. The first-order valence-electron chi connectivity index (χ1n) is 11.6. The number of allylic oxidation sites excluding steroid dienone is 2. The van der Waals surface area contributed by atoms with Crippen LogP contribution >= 0.6 is 11.8 Å². The highest BCUT2D eigenvalue weighted by Crippen LogP contribution is 2.43. The normalized spacial score (nSPS) is 15.7. The van der Waals surface area contributed by atoms with Gasteiger partial charge < -0.3 is 4.74 Å². The lowest BCUT2D eigenvalue weighted by atomic mass is 9.82. The highest BCUT2D eigenvalue weighted by Gasteiger charge is 2.30. The van der Waals surface area contributed by atoms with Crippen LogP contribution in [0.25, 0.3) is 10.8 Å². The number of amides is 2. The van der Waals surface area contributed by atoms with Crippen molar-refractivity contribution in [3.8, 4) is 0 Å². The number of nitrogens with zero attached hydrogens (tertiary/aromatic N) is 1. The van der Waals surface area contributed by atoms with Gasteiger partial charge >= 0.3 is 6.09 Å². The van der Waals surface area contributed by atoms with Crippen LogP contribution in [0.2, 0.25) is 0 Å². The van der Waals surface area contributed by atoms with E-state index in [0.717, 1.165) is 33.6 Å². The molecule has 0 N–H and O–H groups in total. The fourth-order valence-corrected chi connectivity index (χ4v) is 5.56. The molecule has 1 saturated heterocycles. The Morgan fingerprint density at radius 1 is 1.09 bits per heavy atom.